The maximum absolute atomic E-state index is 14.3. The first kappa shape index (κ1) is 24.6. The number of amides is 2. The van der Waals surface area contributed by atoms with Gasteiger partial charge in [0.2, 0.25) is 5.91 Å². The number of aromatic nitrogens is 1. The molecule has 0 bridgehead atoms. The van der Waals surface area contributed by atoms with Gasteiger partial charge in [-0.25, -0.2) is 0 Å². The zero-order valence-corrected chi connectivity index (χ0v) is 21.7. The van der Waals surface area contributed by atoms with Gasteiger partial charge < -0.3 is 9.47 Å². The normalized spacial score (nSPS) is 14.1. The van der Waals surface area contributed by atoms with E-state index in [0.717, 1.165) is 41.0 Å². The third kappa shape index (κ3) is 4.69. The lowest BCUT2D eigenvalue weighted by molar-refractivity contribution is -0.119. The number of para-hydroxylation sites is 2. The SMILES string of the molecule is CCCCN(CC(=O)N1c2ccccc2-n2cccc2C1c1ccc(C)cc1)C(=O)c1ccccc1C. The van der Waals surface area contributed by atoms with Crippen molar-refractivity contribution in [2.75, 3.05) is 18.0 Å². The van der Waals surface area contributed by atoms with Gasteiger partial charge in [-0.15, -0.1) is 0 Å². The molecular formula is C32H33N3O2. The highest BCUT2D eigenvalue weighted by molar-refractivity contribution is 6.03. The van der Waals surface area contributed by atoms with Crippen LogP contribution in [0.3, 0.4) is 0 Å². The van der Waals surface area contributed by atoms with Crippen molar-refractivity contribution in [1.82, 2.24) is 9.47 Å². The summed E-state index contributed by atoms with van der Waals surface area (Å²) in [6, 6.07) is 27.8. The molecule has 1 aliphatic rings. The number of rotatable bonds is 7. The van der Waals surface area contributed by atoms with Crippen molar-refractivity contribution in [3.63, 3.8) is 0 Å². The van der Waals surface area contributed by atoms with Crippen molar-refractivity contribution in [2.45, 2.75) is 39.7 Å². The van der Waals surface area contributed by atoms with E-state index in [-0.39, 0.29) is 24.4 Å². The molecule has 0 saturated carbocycles. The van der Waals surface area contributed by atoms with E-state index in [1.807, 2.05) is 72.6 Å². The molecule has 37 heavy (non-hydrogen) atoms. The molecule has 5 heteroatoms. The predicted molar refractivity (Wildman–Crippen MR) is 148 cm³/mol. The van der Waals surface area contributed by atoms with Crippen LogP contribution in [0.15, 0.2) is 91.1 Å². The van der Waals surface area contributed by atoms with E-state index in [1.165, 1.54) is 5.56 Å². The van der Waals surface area contributed by atoms with Crippen molar-refractivity contribution < 1.29 is 9.59 Å². The molecule has 1 aromatic heterocycles. The summed E-state index contributed by atoms with van der Waals surface area (Å²) >= 11 is 0. The molecular weight excluding hydrogens is 458 g/mol. The van der Waals surface area contributed by atoms with Gasteiger partial charge in [-0.3, -0.25) is 14.5 Å². The molecule has 5 rings (SSSR count). The maximum Gasteiger partial charge on any atom is 0.254 e. The molecule has 4 aromatic rings. The Balaban J connectivity index is 1.56. The summed E-state index contributed by atoms with van der Waals surface area (Å²) in [5.74, 6) is -0.191. The Hall–Kier alpha value is -4.12. The molecule has 2 heterocycles. The number of unbranched alkanes of at least 4 members (excludes halogenated alkanes) is 1. The fourth-order valence-electron chi connectivity index (χ4n) is 5.15. The Labute approximate surface area is 219 Å². The standard InChI is InChI=1S/C32H33N3O2/c1-4-5-20-33(32(37)26-12-7-6-11-24(26)3)22-30(36)35-28-14-9-8-13-27(28)34-21-10-15-29(34)31(35)25-18-16-23(2)17-19-25/h6-19,21,31H,4-5,20,22H2,1-3H3. The first-order valence-corrected chi connectivity index (χ1v) is 13.0. The Morgan fingerprint density at radius 3 is 2.27 bits per heavy atom. The smallest absolute Gasteiger partial charge is 0.254 e. The Kier molecular flexibility index (Phi) is 6.95. The van der Waals surface area contributed by atoms with Crippen molar-refractivity contribution in [3.8, 4) is 5.69 Å². The maximum atomic E-state index is 14.3. The summed E-state index contributed by atoms with van der Waals surface area (Å²) in [5, 5.41) is 0. The lowest BCUT2D eigenvalue weighted by Crippen LogP contribution is -2.47. The van der Waals surface area contributed by atoms with Gasteiger partial charge >= 0.3 is 0 Å². The van der Waals surface area contributed by atoms with Crippen LogP contribution in [-0.2, 0) is 4.79 Å². The fraction of sp³-hybridized carbons (Fsp3) is 0.250. The highest BCUT2D eigenvalue weighted by atomic mass is 16.2. The molecule has 188 valence electrons. The molecule has 0 fully saturated rings. The van der Waals surface area contributed by atoms with Crippen LogP contribution in [0, 0.1) is 13.8 Å². The Morgan fingerprint density at radius 2 is 1.54 bits per heavy atom. The molecule has 0 aliphatic carbocycles. The zero-order valence-electron chi connectivity index (χ0n) is 21.7. The minimum Gasteiger partial charge on any atom is -0.329 e. The van der Waals surface area contributed by atoms with Crippen molar-refractivity contribution in [2.24, 2.45) is 0 Å². The van der Waals surface area contributed by atoms with Gasteiger partial charge in [-0.05, 0) is 61.7 Å². The monoisotopic (exact) mass is 491 g/mol. The average Bonchev–Trinajstić information content (AvgIpc) is 3.41. The van der Waals surface area contributed by atoms with Crippen molar-refractivity contribution >= 4 is 17.5 Å². The third-order valence-electron chi connectivity index (χ3n) is 7.15. The summed E-state index contributed by atoms with van der Waals surface area (Å²) in [5.41, 5.74) is 6.61. The average molecular weight is 492 g/mol. The van der Waals surface area contributed by atoms with E-state index in [1.54, 1.807) is 4.90 Å². The van der Waals surface area contributed by atoms with Crippen LogP contribution < -0.4 is 4.90 Å². The van der Waals surface area contributed by atoms with Crippen LogP contribution >= 0.6 is 0 Å². The molecule has 1 atom stereocenters. The number of carbonyl (C=O) groups is 2. The molecule has 0 spiro atoms. The van der Waals surface area contributed by atoms with E-state index in [9.17, 15) is 9.59 Å². The van der Waals surface area contributed by atoms with E-state index in [0.29, 0.717) is 12.1 Å². The number of hydrogen-bond acceptors (Lipinski definition) is 2. The first-order chi connectivity index (χ1) is 18.0. The van der Waals surface area contributed by atoms with E-state index in [4.69, 9.17) is 0 Å². The van der Waals surface area contributed by atoms with Gasteiger partial charge in [-0.2, -0.15) is 0 Å². The minimum atomic E-state index is -0.292. The van der Waals surface area contributed by atoms with Crippen molar-refractivity contribution in [1.29, 1.82) is 0 Å². The van der Waals surface area contributed by atoms with Crippen LogP contribution in [0.4, 0.5) is 5.69 Å². The van der Waals surface area contributed by atoms with Gasteiger partial charge in [0.1, 0.15) is 12.6 Å². The summed E-state index contributed by atoms with van der Waals surface area (Å²) in [7, 11) is 0. The number of fused-ring (bicyclic) bond motifs is 3. The summed E-state index contributed by atoms with van der Waals surface area (Å²) in [4.78, 5) is 31.5. The third-order valence-corrected chi connectivity index (χ3v) is 7.15. The second-order valence-corrected chi connectivity index (χ2v) is 9.76. The van der Waals surface area contributed by atoms with Crippen LogP contribution in [0.5, 0.6) is 0 Å². The van der Waals surface area contributed by atoms with Gasteiger partial charge in [0.25, 0.3) is 5.91 Å². The molecule has 0 N–H and O–H groups in total. The molecule has 1 aliphatic heterocycles. The number of nitrogens with zero attached hydrogens (tertiary/aromatic N) is 3. The molecule has 1 unspecified atom stereocenters. The second-order valence-electron chi connectivity index (χ2n) is 9.76. The summed E-state index contributed by atoms with van der Waals surface area (Å²) < 4.78 is 2.16. The molecule has 3 aromatic carbocycles. The van der Waals surface area contributed by atoms with E-state index < -0.39 is 0 Å². The largest absolute Gasteiger partial charge is 0.329 e. The lowest BCUT2D eigenvalue weighted by atomic mass is 9.97. The minimum absolute atomic E-state index is 0.0184. The fourth-order valence-corrected chi connectivity index (χ4v) is 5.15. The number of hydrogen-bond donors (Lipinski definition) is 0. The lowest BCUT2D eigenvalue weighted by Gasteiger charge is -2.39. The molecule has 0 radical (unpaired) electrons. The number of aryl methyl sites for hydroxylation is 2. The number of anilines is 1. The highest BCUT2D eigenvalue weighted by Gasteiger charge is 2.37. The van der Waals surface area contributed by atoms with Crippen LogP contribution in [-0.4, -0.2) is 34.4 Å². The van der Waals surface area contributed by atoms with Gasteiger partial charge in [0.05, 0.1) is 17.1 Å². The van der Waals surface area contributed by atoms with Gasteiger partial charge in [-0.1, -0.05) is 73.5 Å². The first-order valence-electron chi connectivity index (χ1n) is 13.0. The topological polar surface area (TPSA) is 45.6 Å². The summed E-state index contributed by atoms with van der Waals surface area (Å²) in [6.45, 7) is 6.66. The quantitative estimate of drug-likeness (QED) is 0.297. The van der Waals surface area contributed by atoms with Gasteiger partial charge in [0, 0.05) is 18.3 Å². The number of benzene rings is 3. The second kappa shape index (κ2) is 10.5. The molecule has 2 amide bonds. The van der Waals surface area contributed by atoms with E-state index in [2.05, 4.69) is 48.7 Å². The van der Waals surface area contributed by atoms with Crippen LogP contribution in [0.25, 0.3) is 5.69 Å². The van der Waals surface area contributed by atoms with Crippen LogP contribution in [0.1, 0.15) is 58.5 Å². The number of carbonyl (C=O) groups excluding carboxylic acids is 2. The van der Waals surface area contributed by atoms with Crippen LogP contribution in [0.2, 0.25) is 0 Å². The van der Waals surface area contributed by atoms with E-state index >= 15 is 0 Å². The zero-order chi connectivity index (χ0) is 25.9. The Bertz CT molecular complexity index is 1420. The molecule has 5 nitrogen and oxygen atoms in total. The predicted octanol–water partition coefficient (Wildman–Crippen LogP) is 6.47. The summed E-state index contributed by atoms with van der Waals surface area (Å²) in [6.07, 6.45) is 3.83. The van der Waals surface area contributed by atoms with Crippen molar-refractivity contribution in [3.05, 3.63) is 119 Å². The highest BCUT2D eigenvalue weighted by Crippen LogP contribution is 2.42. The Morgan fingerprint density at radius 1 is 0.838 bits per heavy atom. The van der Waals surface area contributed by atoms with Gasteiger partial charge in [0.15, 0.2) is 0 Å². The molecule has 0 saturated heterocycles.